The summed E-state index contributed by atoms with van der Waals surface area (Å²) in [5.41, 5.74) is 0. The summed E-state index contributed by atoms with van der Waals surface area (Å²) in [4.78, 5) is 0. The van der Waals surface area contributed by atoms with Gasteiger partial charge in [-0.3, -0.25) is 4.57 Å². The molecule has 0 heterocycles. The maximum Gasteiger partial charge on any atom is 0.203 e. The molecule has 0 saturated heterocycles. The molecule has 0 spiro atoms. The Kier molecular flexibility index (Phi) is 29.1. The molecule has 278 valence electrons. The fourth-order valence-corrected chi connectivity index (χ4v) is 9.73. The zero-order chi connectivity index (χ0) is 34.8. The molecular formula is C43H89O2P. The zero-order valence-corrected chi connectivity index (χ0v) is 34.7. The molecule has 3 heteroatoms. The maximum atomic E-state index is 13.7. The van der Waals surface area contributed by atoms with Crippen LogP contribution in [0.25, 0.3) is 0 Å². The van der Waals surface area contributed by atoms with E-state index in [0.717, 1.165) is 67.1 Å². The van der Waals surface area contributed by atoms with Crippen LogP contribution in [0.4, 0.5) is 0 Å². The summed E-state index contributed by atoms with van der Waals surface area (Å²) >= 11 is 0. The summed E-state index contributed by atoms with van der Waals surface area (Å²) in [5, 5.41) is 0. The Hall–Kier alpha value is 0.190. The summed E-state index contributed by atoms with van der Waals surface area (Å²) in [5.74, 6) is 6.48. The van der Waals surface area contributed by atoms with Gasteiger partial charge < -0.3 is 4.52 Å². The Labute approximate surface area is 293 Å². The van der Waals surface area contributed by atoms with Gasteiger partial charge >= 0.3 is 0 Å². The van der Waals surface area contributed by atoms with E-state index in [1.807, 2.05) is 0 Å². The Morgan fingerprint density at radius 2 is 0.674 bits per heavy atom. The van der Waals surface area contributed by atoms with Crippen molar-refractivity contribution >= 4 is 7.37 Å². The average molecular weight is 669 g/mol. The minimum atomic E-state index is -2.49. The van der Waals surface area contributed by atoms with Crippen LogP contribution in [0.1, 0.15) is 211 Å². The van der Waals surface area contributed by atoms with E-state index in [1.165, 1.54) is 116 Å². The van der Waals surface area contributed by atoms with Crippen LogP contribution in [-0.4, -0.2) is 18.9 Å². The Morgan fingerprint density at radius 3 is 0.978 bits per heavy atom. The number of hydrogen-bond acceptors (Lipinski definition) is 2. The second-order valence-electron chi connectivity index (χ2n) is 17.7. The fourth-order valence-electron chi connectivity index (χ4n) is 7.29. The standard InChI is InChI=1S/C43H89O2P/c1-12-34-46(44,35-32-43(11)30-18-28-41(9)26-16-24-39(7)22-14-20-37(4)5)45-33-31-42(10)29-17-27-40(8)25-15-23-38(6)21-13-19-36(2)3/h36-43H,12-35H2,1-11H3. The quantitative estimate of drug-likeness (QED) is 0.0651. The van der Waals surface area contributed by atoms with Gasteiger partial charge in [0.1, 0.15) is 0 Å². The van der Waals surface area contributed by atoms with Crippen molar-refractivity contribution in [3.63, 3.8) is 0 Å². The zero-order valence-electron chi connectivity index (χ0n) is 33.9. The van der Waals surface area contributed by atoms with Gasteiger partial charge in [-0.15, -0.1) is 0 Å². The van der Waals surface area contributed by atoms with Gasteiger partial charge in [-0.25, -0.2) is 0 Å². The van der Waals surface area contributed by atoms with Crippen molar-refractivity contribution in [3.05, 3.63) is 0 Å². The van der Waals surface area contributed by atoms with Gasteiger partial charge in [0, 0.05) is 12.3 Å². The van der Waals surface area contributed by atoms with Crippen LogP contribution < -0.4 is 0 Å². The van der Waals surface area contributed by atoms with Crippen LogP contribution in [-0.2, 0) is 9.09 Å². The molecule has 0 aliphatic rings. The summed E-state index contributed by atoms with van der Waals surface area (Å²) in [7, 11) is -2.49. The van der Waals surface area contributed by atoms with E-state index >= 15 is 0 Å². The highest BCUT2D eigenvalue weighted by atomic mass is 31.2. The molecule has 0 radical (unpaired) electrons. The van der Waals surface area contributed by atoms with Gasteiger partial charge in [0.2, 0.25) is 7.37 Å². The van der Waals surface area contributed by atoms with Crippen LogP contribution in [0, 0.1) is 47.3 Å². The van der Waals surface area contributed by atoms with Crippen LogP contribution >= 0.6 is 7.37 Å². The topological polar surface area (TPSA) is 26.3 Å². The van der Waals surface area contributed by atoms with Crippen LogP contribution in [0.15, 0.2) is 0 Å². The molecule has 0 aliphatic carbocycles. The van der Waals surface area contributed by atoms with Crippen molar-refractivity contribution in [1.82, 2.24) is 0 Å². The average Bonchev–Trinajstić information content (AvgIpc) is 2.96. The lowest BCUT2D eigenvalue weighted by molar-refractivity contribution is 0.272. The fraction of sp³-hybridized carbons (Fsp3) is 1.00. The van der Waals surface area contributed by atoms with E-state index in [1.54, 1.807) is 0 Å². The predicted octanol–water partition coefficient (Wildman–Crippen LogP) is 15.6. The van der Waals surface area contributed by atoms with E-state index in [0.29, 0.717) is 18.4 Å². The van der Waals surface area contributed by atoms with Crippen LogP contribution in [0.3, 0.4) is 0 Å². The van der Waals surface area contributed by atoms with Gasteiger partial charge in [-0.05, 0) is 66.6 Å². The molecule has 0 aliphatic heterocycles. The SMILES string of the molecule is CCCP(=O)(CCC(C)CCCC(C)CCCC(C)CCCC(C)C)OCCC(C)CCCC(C)CCCC(C)CCCC(C)C. The lowest BCUT2D eigenvalue weighted by Gasteiger charge is -2.22. The summed E-state index contributed by atoms with van der Waals surface area (Å²) in [6.45, 7) is 26.8. The van der Waals surface area contributed by atoms with Crippen molar-refractivity contribution in [2.45, 2.75) is 211 Å². The lowest BCUT2D eigenvalue weighted by atomic mass is 9.91. The highest BCUT2D eigenvalue weighted by Gasteiger charge is 2.23. The minimum absolute atomic E-state index is 0.649. The molecule has 0 N–H and O–H groups in total. The van der Waals surface area contributed by atoms with Crippen molar-refractivity contribution < 1.29 is 9.09 Å². The van der Waals surface area contributed by atoms with E-state index in [4.69, 9.17) is 4.52 Å². The van der Waals surface area contributed by atoms with Crippen molar-refractivity contribution in [1.29, 1.82) is 0 Å². The summed E-state index contributed by atoms with van der Waals surface area (Å²) in [6, 6.07) is 0. The molecule has 0 fully saturated rings. The first kappa shape index (κ1) is 46.2. The number of rotatable bonds is 33. The molecule has 0 aromatic heterocycles. The van der Waals surface area contributed by atoms with E-state index in [2.05, 4.69) is 76.2 Å². The Balaban J connectivity index is 4.08. The van der Waals surface area contributed by atoms with E-state index in [9.17, 15) is 4.57 Å². The van der Waals surface area contributed by atoms with Crippen molar-refractivity contribution in [2.75, 3.05) is 18.9 Å². The molecule has 0 bridgehead atoms. The largest absolute Gasteiger partial charge is 0.328 e. The van der Waals surface area contributed by atoms with Gasteiger partial charge in [-0.2, -0.15) is 0 Å². The molecule has 7 atom stereocenters. The Bertz CT molecular complexity index is 703. The monoisotopic (exact) mass is 669 g/mol. The third kappa shape index (κ3) is 29.1. The van der Waals surface area contributed by atoms with Gasteiger partial charge in [0.15, 0.2) is 0 Å². The summed E-state index contributed by atoms with van der Waals surface area (Å²) < 4.78 is 19.9. The van der Waals surface area contributed by atoms with Crippen LogP contribution in [0.2, 0.25) is 0 Å². The normalized spacial score (nSPS) is 17.6. The van der Waals surface area contributed by atoms with Gasteiger partial charge in [0.25, 0.3) is 0 Å². The van der Waals surface area contributed by atoms with Crippen LogP contribution in [0.5, 0.6) is 0 Å². The second-order valence-corrected chi connectivity index (χ2v) is 20.5. The molecule has 0 saturated carbocycles. The van der Waals surface area contributed by atoms with Crippen molar-refractivity contribution in [3.8, 4) is 0 Å². The lowest BCUT2D eigenvalue weighted by Crippen LogP contribution is -2.08. The second kappa shape index (κ2) is 29.0. The molecule has 0 aromatic rings. The summed E-state index contributed by atoms with van der Waals surface area (Å²) in [6.07, 6.45) is 29.3. The third-order valence-electron chi connectivity index (χ3n) is 11.0. The molecule has 0 rings (SSSR count). The van der Waals surface area contributed by atoms with Crippen molar-refractivity contribution in [2.24, 2.45) is 47.3 Å². The maximum absolute atomic E-state index is 13.7. The first-order valence-electron chi connectivity index (χ1n) is 21.0. The molecule has 7 unspecified atom stereocenters. The first-order valence-corrected chi connectivity index (χ1v) is 23.0. The highest BCUT2D eigenvalue weighted by molar-refractivity contribution is 7.58. The molecule has 46 heavy (non-hydrogen) atoms. The van der Waals surface area contributed by atoms with Gasteiger partial charge in [-0.1, -0.05) is 192 Å². The molecular weight excluding hydrogens is 579 g/mol. The molecule has 0 amide bonds. The van der Waals surface area contributed by atoms with E-state index in [-0.39, 0.29) is 0 Å². The smallest absolute Gasteiger partial charge is 0.203 e. The molecule has 2 nitrogen and oxygen atoms in total. The Morgan fingerprint density at radius 1 is 0.391 bits per heavy atom. The predicted molar refractivity (Wildman–Crippen MR) is 211 cm³/mol. The molecule has 0 aromatic carbocycles. The third-order valence-corrected chi connectivity index (χ3v) is 13.7. The van der Waals surface area contributed by atoms with E-state index < -0.39 is 7.37 Å². The minimum Gasteiger partial charge on any atom is -0.328 e. The highest BCUT2D eigenvalue weighted by Crippen LogP contribution is 2.49. The number of hydrogen-bond donors (Lipinski definition) is 0. The van der Waals surface area contributed by atoms with Gasteiger partial charge in [0.05, 0.1) is 6.61 Å². The first-order chi connectivity index (χ1) is 21.8.